The zero-order chi connectivity index (χ0) is 18.8. The van der Waals surface area contributed by atoms with Gasteiger partial charge in [0.25, 0.3) is 6.48 Å². The van der Waals surface area contributed by atoms with Gasteiger partial charge >= 0.3 is 0 Å². The molecule has 1 aromatic carbocycles. The maximum Gasteiger partial charge on any atom is 0.261 e. The van der Waals surface area contributed by atoms with E-state index in [1.807, 2.05) is 13.8 Å². The Bertz CT molecular complexity index is 515. The fourth-order valence-corrected chi connectivity index (χ4v) is 3.08. The van der Waals surface area contributed by atoms with Crippen LogP contribution in [0.5, 0.6) is 0 Å². The van der Waals surface area contributed by atoms with Gasteiger partial charge in [0.2, 0.25) is 5.82 Å². The van der Waals surface area contributed by atoms with Crippen LogP contribution in [-0.2, 0) is 13.9 Å². The highest BCUT2D eigenvalue weighted by Crippen LogP contribution is 2.27. The van der Waals surface area contributed by atoms with Crippen LogP contribution in [0.1, 0.15) is 26.7 Å². The largest absolute Gasteiger partial charge is 0.380 e. The zero-order valence-electron chi connectivity index (χ0n) is 14.1. The molecule has 1 aromatic rings. The second-order valence-electron chi connectivity index (χ2n) is 5.00. The van der Waals surface area contributed by atoms with E-state index >= 15 is 0 Å². The highest BCUT2D eigenvalue weighted by molar-refractivity contribution is 6.27. The number of anilines is 1. The van der Waals surface area contributed by atoms with Gasteiger partial charge in [-0.05, 0) is 26.3 Å². The van der Waals surface area contributed by atoms with Crippen molar-refractivity contribution in [3.8, 4) is 0 Å². The number of ether oxygens (including phenoxy) is 2. The molecule has 0 radical (unpaired) electrons. The van der Waals surface area contributed by atoms with Crippen molar-refractivity contribution in [2.45, 2.75) is 39.2 Å². The van der Waals surface area contributed by atoms with Crippen LogP contribution >= 0.6 is 0 Å². The minimum atomic E-state index is -2.16. The normalized spacial score (nSPS) is 11.8. The smallest absolute Gasteiger partial charge is 0.261 e. The molecule has 0 fully saturated rings. The molecule has 0 aliphatic heterocycles. The zero-order valence-corrected chi connectivity index (χ0v) is 15.6. The first-order valence-corrected chi connectivity index (χ1v) is 9.61. The maximum atomic E-state index is 13.4. The van der Waals surface area contributed by atoms with Crippen LogP contribution in [0.3, 0.4) is 0 Å². The van der Waals surface area contributed by atoms with E-state index < -0.39 is 51.0 Å². The van der Waals surface area contributed by atoms with Gasteiger partial charge in [-0.1, -0.05) is 6.42 Å². The average Bonchev–Trinajstić information content (AvgIpc) is 2.60. The van der Waals surface area contributed by atoms with Gasteiger partial charge in [0, 0.05) is 19.8 Å². The van der Waals surface area contributed by atoms with Gasteiger partial charge in [0.1, 0.15) is 5.69 Å². The second-order valence-corrected chi connectivity index (χ2v) is 6.45. The molecule has 1 rings (SSSR count). The Morgan fingerprint density at radius 2 is 1.36 bits per heavy atom. The molecule has 0 saturated carbocycles. The van der Waals surface area contributed by atoms with Gasteiger partial charge in [-0.2, -0.15) is 0 Å². The lowest BCUT2D eigenvalue weighted by Crippen LogP contribution is -2.23. The van der Waals surface area contributed by atoms with Gasteiger partial charge < -0.3 is 19.2 Å². The molecule has 0 amide bonds. The van der Waals surface area contributed by atoms with E-state index in [0.717, 1.165) is 6.04 Å². The van der Waals surface area contributed by atoms with E-state index in [1.54, 1.807) is 0 Å². The summed E-state index contributed by atoms with van der Waals surface area (Å²) in [5.74, 6) is -9.79. The number of halogens is 5. The summed E-state index contributed by atoms with van der Waals surface area (Å²) in [7, 11) is -0.897. The predicted octanol–water partition coefficient (Wildman–Crippen LogP) is 3.45. The van der Waals surface area contributed by atoms with Crippen LogP contribution in [0.15, 0.2) is 0 Å². The van der Waals surface area contributed by atoms with E-state index in [1.165, 1.54) is 0 Å². The van der Waals surface area contributed by atoms with E-state index in [2.05, 4.69) is 5.32 Å². The molecule has 0 aliphatic carbocycles. The van der Waals surface area contributed by atoms with Crippen LogP contribution < -0.4 is 5.32 Å². The summed E-state index contributed by atoms with van der Waals surface area (Å²) in [6.45, 7) is 3.97. The number of hydrogen-bond acceptors (Lipinski definition) is 4. The first kappa shape index (κ1) is 21.8. The van der Waals surface area contributed by atoms with Crippen molar-refractivity contribution in [3.05, 3.63) is 29.1 Å². The molecule has 1 N–H and O–H groups in total. The Morgan fingerprint density at radius 3 is 1.88 bits per heavy atom. The summed E-state index contributed by atoms with van der Waals surface area (Å²) in [6.07, 6.45) is 1.17. The Hall–Kier alpha value is -1.23. The van der Waals surface area contributed by atoms with Gasteiger partial charge in [-0.15, -0.1) is 0 Å². The fourth-order valence-electron chi connectivity index (χ4n) is 1.97. The Labute approximate surface area is 145 Å². The molecular weight excluding hydrogens is 365 g/mol. The Morgan fingerprint density at radius 1 is 0.840 bits per heavy atom. The minimum absolute atomic E-state index is 0.0765. The van der Waals surface area contributed by atoms with E-state index in [0.29, 0.717) is 26.1 Å². The summed E-state index contributed by atoms with van der Waals surface area (Å²) in [5, 5.41) is 2.26. The van der Waals surface area contributed by atoms with E-state index in [4.69, 9.17) is 13.9 Å². The molecule has 144 valence electrons. The van der Waals surface area contributed by atoms with Crippen LogP contribution in [0.2, 0.25) is 6.04 Å². The Kier molecular flexibility index (Phi) is 9.94. The van der Waals surface area contributed by atoms with Gasteiger partial charge in [0.05, 0.1) is 0 Å². The number of nitrogens with one attached hydrogen (secondary N) is 1. The molecule has 0 heterocycles. The van der Waals surface area contributed by atoms with Crippen molar-refractivity contribution >= 4 is 15.5 Å². The molecular formula is C15H22F5NO3Si. The summed E-state index contributed by atoms with van der Waals surface area (Å²) < 4.78 is 81.8. The highest BCUT2D eigenvalue weighted by atomic mass is 28.2. The highest BCUT2D eigenvalue weighted by Gasteiger charge is 2.25. The number of rotatable bonds is 12. The van der Waals surface area contributed by atoms with Crippen LogP contribution in [-0.4, -0.2) is 36.0 Å². The molecule has 0 atom stereocenters. The molecule has 0 bridgehead atoms. The third-order valence-corrected chi connectivity index (χ3v) is 4.49. The average molecular weight is 387 g/mol. The summed E-state index contributed by atoms with van der Waals surface area (Å²) >= 11 is 0. The van der Waals surface area contributed by atoms with Crippen molar-refractivity contribution in [1.82, 2.24) is 0 Å². The topological polar surface area (TPSA) is 39.7 Å². The third kappa shape index (κ3) is 6.53. The van der Waals surface area contributed by atoms with Crippen molar-refractivity contribution in [1.29, 1.82) is 0 Å². The summed E-state index contributed by atoms with van der Waals surface area (Å²) in [4.78, 5) is 0. The fraction of sp³-hybridized carbons (Fsp3) is 0.600. The van der Waals surface area contributed by atoms with E-state index in [9.17, 15) is 22.0 Å². The molecule has 10 heteroatoms. The molecule has 0 saturated heterocycles. The molecule has 0 aliphatic rings. The van der Waals surface area contributed by atoms with Gasteiger partial charge in [0.15, 0.2) is 33.0 Å². The lowest BCUT2D eigenvalue weighted by molar-refractivity contribution is -0.243. The predicted molar refractivity (Wildman–Crippen MR) is 85.4 cm³/mol. The van der Waals surface area contributed by atoms with Crippen LogP contribution in [0.25, 0.3) is 0 Å². The number of unbranched alkanes of at least 4 members (excludes halogenated alkanes) is 1. The first-order chi connectivity index (χ1) is 11.9. The molecule has 0 spiro atoms. The van der Waals surface area contributed by atoms with Crippen molar-refractivity contribution in [2.75, 3.05) is 25.1 Å². The lowest BCUT2D eigenvalue weighted by atomic mass is 10.2. The molecule has 25 heavy (non-hydrogen) atoms. The third-order valence-electron chi connectivity index (χ3n) is 3.19. The van der Waals surface area contributed by atoms with Crippen LogP contribution in [0.4, 0.5) is 27.6 Å². The van der Waals surface area contributed by atoms with Crippen molar-refractivity contribution in [3.63, 3.8) is 0 Å². The second kappa shape index (κ2) is 11.4. The number of hydrogen-bond donors (Lipinski definition) is 1. The maximum absolute atomic E-state index is 13.4. The van der Waals surface area contributed by atoms with Crippen molar-refractivity contribution in [2.24, 2.45) is 0 Å². The lowest BCUT2D eigenvalue weighted by Gasteiger charge is -2.17. The minimum Gasteiger partial charge on any atom is -0.380 e. The first-order valence-electron chi connectivity index (χ1n) is 8.04. The molecule has 0 unspecified atom stereocenters. The van der Waals surface area contributed by atoms with Crippen LogP contribution in [0, 0.1) is 29.1 Å². The summed E-state index contributed by atoms with van der Waals surface area (Å²) in [5.41, 5.74) is -1.00. The van der Waals surface area contributed by atoms with Gasteiger partial charge in [-0.3, -0.25) is 0 Å². The quantitative estimate of drug-likeness (QED) is 0.149. The number of benzene rings is 1. The van der Waals surface area contributed by atoms with Gasteiger partial charge in [-0.25, -0.2) is 22.0 Å². The van der Waals surface area contributed by atoms with E-state index in [-0.39, 0.29) is 6.54 Å². The Balaban J connectivity index is 2.33. The molecule has 0 aromatic heterocycles. The standard InChI is InChI=1S/C15H22F5NO3Si/c1-3-22-15(23-4-2)24-25-8-6-5-7-21-14-12(19)10(17)9(16)11(18)13(14)20/h15,21H,3-8,25H2,1-2H3. The molecule has 4 nitrogen and oxygen atoms in total. The summed E-state index contributed by atoms with van der Waals surface area (Å²) in [6, 6.07) is 0.759. The SMILES string of the molecule is CCOC(OCC)O[SiH2]CCCCNc1c(F)c(F)c(F)c(F)c1F. The van der Waals surface area contributed by atoms with Crippen molar-refractivity contribution < 1.29 is 35.9 Å². The monoisotopic (exact) mass is 387 g/mol.